The van der Waals surface area contributed by atoms with Crippen molar-refractivity contribution in [3.05, 3.63) is 46.4 Å². The zero-order chi connectivity index (χ0) is 20.1. The van der Waals surface area contributed by atoms with Gasteiger partial charge in [0.05, 0.1) is 21.9 Å². The Hall–Kier alpha value is -1.27. The van der Waals surface area contributed by atoms with Crippen LogP contribution >= 0.6 is 35.6 Å². The second-order valence-corrected chi connectivity index (χ2v) is 8.70. The van der Waals surface area contributed by atoms with E-state index >= 15 is 0 Å². The van der Waals surface area contributed by atoms with Gasteiger partial charge in [-0.25, -0.2) is 8.42 Å². The van der Waals surface area contributed by atoms with Gasteiger partial charge in [0.15, 0.2) is 5.75 Å². The first kappa shape index (κ1) is 25.7. The van der Waals surface area contributed by atoms with Gasteiger partial charge < -0.3 is 10.5 Å². The lowest BCUT2D eigenvalue weighted by Crippen LogP contribution is -2.11. The van der Waals surface area contributed by atoms with Gasteiger partial charge >= 0.3 is 0 Å². The summed E-state index contributed by atoms with van der Waals surface area (Å²) in [6, 6.07) is 7.44. The molecule has 0 atom stereocenters. The Morgan fingerprint density at radius 3 is 2.07 bits per heavy atom. The Bertz CT molecular complexity index is 998. The van der Waals surface area contributed by atoms with Gasteiger partial charge in [-0.05, 0) is 37.4 Å². The van der Waals surface area contributed by atoms with Crippen molar-refractivity contribution < 1.29 is 26.1 Å². The van der Waals surface area contributed by atoms with Crippen LogP contribution in [0, 0.1) is 0 Å². The van der Waals surface area contributed by atoms with Gasteiger partial charge in [-0.1, -0.05) is 23.2 Å². The van der Waals surface area contributed by atoms with Crippen molar-refractivity contribution in [2.45, 2.75) is 4.90 Å². The van der Waals surface area contributed by atoms with Crippen molar-refractivity contribution >= 4 is 61.4 Å². The summed E-state index contributed by atoms with van der Waals surface area (Å²) in [6.07, 6.45) is 0.919. The lowest BCUT2D eigenvalue weighted by molar-refractivity contribution is 0.473. The first-order chi connectivity index (χ1) is 12.0. The highest BCUT2D eigenvalue weighted by atomic mass is 35.5. The molecular formula is C14H17Cl3N2O6S2. The molecule has 8 nitrogen and oxygen atoms in total. The maximum absolute atomic E-state index is 11.4. The first-order valence-electron chi connectivity index (χ1n) is 6.76. The number of hydrogen-bond acceptors (Lipinski definition) is 6. The summed E-state index contributed by atoms with van der Waals surface area (Å²) in [6.45, 7) is 0. The fourth-order valence-corrected chi connectivity index (χ4v) is 3.22. The number of anilines is 1. The SMILES string of the molecule is CN.CS(=O)(=O)Nc1ccc(S(=O)(=O)O)cc1Oc1ccc(Cl)cc1Cl.Cl. The summed E-state index contributed by atoms with van der Waals surface area (Å²) in [5, 5.41) is 0.485. The predicted octanol–water partition coefficient (Wildman–Crippen LogP) is 3.40. The van der Waals surface area contributed by atoms with Crippen LogP contribution < -0.4 is 15.2 Å². The maximum Gasteiger partial charge on any atom is 0.294 e. The molecule has 0 bridgehead atoms. The molecule has 2 aromatic carbocycles. The number of nitrogens with two attached hydrogens (primary N) is 1. The average Bonchev–Trinajstić information content (AvgIpc) is 2.51. The molecule has 0 unspecified atom stereocenters. The average molecular weight is 480 g/mol. The van der Waals surface area contributed by atoms with Crippen molar-refractivity contribution in [3.8, 4) is 11.5 Å². The molecule has 0 fully saturated rings. The van der Waals surface area contributed by atoms with Gasteiger partial charge in [0.25, 0.3) is 10.1 Å². The van der Waals surface area contributed by atoms with Crippen molar-refractivity contribution in [1.29, 1.82) is 0 Å². The minimum absolute atomic E-state index is 0. The largest absolute Gasteiger partial charge is 0.454 e. The van der Waals surface area contributed by atoms with Gasteiger partial charge in [0.1, 0.15) is 5.75 Å². The minimum Gasteiger partial charge on any atom is -0.454 e. The molecule has 2 aromatic rings. The normalized spacial score (nSPS) is 10.9. The van der Waals surface area contributed by atoms with Crippen molar-refractivity contribution in [2.24, 2.45) is 5.73 Å². The summed E-state index contributed by atoms with van der Waals surface area (Å²) >= 11 is 11.8. The smallest absolute Gasteiger partial charge is 0.294 e. The highest BCUT2D eigenvalue weighted by molar-refractivity contribution is 7.92. The van der Waals surface area contributed by atoms with Crippen LogP contribution in [-0.4, -0.2) is 34.7 Å². The molecule has 0 aliphatic rings. The van der Waals surface area contributed by atoms with Gasteiger partial charge in [-0.15, -0.1) is 12.4 Å². The van der Waals surface area contributed by atoms with E-state index in [1.807, 2.05) is 0 Å². The van der Waals surface area contributed by atoms with Crippen LogP contribution in [0.5, 0.6) is 11.5 Å². The van der Waals surface area contributed by atoms with Crippen LogP contribution in [0.4, 0.5) is 5.69 Å². The van der Waals surface area contributed by atoms with E-state index in [9.17, 15) is 16.8 Å². The van der Waals surface area contributed by atoms with E-state index in [1.165, 1.54) is 25.2 Å². The Balaban J connectivity index is 0.00000218. The standard InChI is InChI=1S/C13H11Cl2NO6S2.CH5N.ClH/c1-23(17,18)16-11-4-3-9(24(19,20)21)7-13(11)22-12-5-2-8(14)6-10(12)15;1-2;/h2-7,16H,1H3,(H,19,20,21);2H2,1H3;1H. The molecule has 4 N–H and O–H groups in total. The molecule has 0 amide bonds. The molecule has 0 aromatic heterocycles. The third-order valence-corrected chi connectivity index (χ3v) is 4.63. The highest BCUT2D eigenvalue weighted by Gasteiger charge is 2.17. The van der Waals surface area contributed by atoms with E-state index in [2.05, 4.69) is 10.5 Å². The van der Waals surface area contributed by atoms with E-state index in [4.69, 9.17) is 32.5 Å². The first-order valence-corrected chi connectivity index (χ1v) is 10.8. The Morgan fingerprint density at radius 2 is 1.59 bits per heavy atom. The zero-order valence-corrected chi connectivity index (χ0v) is 18.0. The van der Waals surface area contributed by atoms with E-state index in [-0.39, 0.29) is 34.6 Å². The molecule has 2 rings (SSSR count). The fraction of sp³-hybridized carbons (Fsp3) is 0.143. The molecule has 0 saturated heterocycles. The lowest BCUT2D eigenvalue weighted by atomic mass is 10.3. The van der Waals surface area contributed by atoms with Crippen LogP contribution in [0.15, 0.2) is 41.3 Å². The molecule has 0 spiro atoms. The predicted molar refractivity (Wildman–Crippen MR) is 109 cm³/mol. The van der Waals surface area contributed by atoms with Gasteiger partial charge in [0, 0.05) is 11.1 Å². The highest BCUT2D eigenvalue weighted by Crippen LogP contribution is 2.36. The van der Waals surface area contributed by atoms with Gasteiger partial charge in [0.2, 0.25) is 10.0 Å². The van der Waals surface area contributed by atoms with Crippen LogP contribution in [0.3, 0.4) is 0 Å². The molecule has 0 heterocycles. The van der Waals surface area contributed by atoms with Crippen molar-refractivity contribution in [2.75, 3.05) is 18.0 Å². The van der Waals surface area contributed by atoms with E-state index < -0.39 is 25.0 Å². The molecule has 0 saturated carbocycles. The Kier molecular flexibility index (Phi) is 9.84. The molecule has 27 heavy (non-hydrogen) atoms. The molecule has 0 aliphatic heterocycles. The Morgan fingerprint density at radius 1 is 1.00 bits per heavy atom. The third-order valence-electron chi connectivity index (χ3n) is 2.66. The summed E-state index contributed by atoms with van der Waals surface area (Å²) in [5.41, 5.74) is 4.47. The van der Waals surface area contributed by atoms with Gasteiger partial charge in [-0.3, -0.25) is 9.27 Å². The Labute approximate surface area is 173 Å². The van der Waals surface area contributed by atoms with Crippen LogP contribution in [0.1, 0.15) is 0 Å². The number of nitrogens with one attached hydrogen (secondary N) is 1. The number of rotatable bonds is 5. The number of sulfonamides is 1. The van der Waals surface area contributed by atoms with Gasteiger partial charge in [-0.2, -0.15) is 8.42 Å². The van der Waals surface area contributed by atoms with Crippen LogP contribution in [-0.2, 0) is 20.1 Å². The number of hydrogen-bond donors (Lipinski definition) is 3. The minimum atomic E-state index is -4.51. The quantitative estimate of drug-likeness (QED) is 0.559. The number of halogens is 3. The third kappa shape index (κ3) is 8.09. The zero-order valence-electron chi connectivity index (χ0n) is 14.0. The number of benzene rings is 2. The van der Waals surface area contributed by atoms with Crippen molar-refractivity contribution in [3.63, 3.8) is 0 Å². The summed E-state index contributed by atoms with van der Waals surface area (Å²) in [4.78, 5) is -0.471. The monoisotopic (exact) mass is 478 g/mol. The van der Waals surface area contributed by atoms with E-state index in [0.29, 0.717) is 5.02 Å². The summed E-state index contributed by atoms with van der Waals surface area (Å²) in [7, 11) is -6.66. The van der Waals surface area contributed by atoms with Crippen LogP contribution in [0.2, 0.25) is 10.0 Å². The van der Waals surface area contributed by atoms with Crippen molar-refractivity contribution in [1.82, 2.24) is 0 Å². The molecule has 0 aliphatic carbocycles. The summed E-state index contributed by atoms with van der Waals surface area (Å²) < 4.78 is 62.2. The van der Waals surface area contributed by atoms with E-state index in [0.717, 1.165) is 24.5 Å². The molecule has 0 radical (unpaired) electrons. The molecule has 13 heteroatoms. The molecule has 152 valence electrons. The lowest BCUT2D eigenvalue weighted by Gasteiger charge is -2.14. The summed E-state index contributed by atoms with van der Waals surface area (Å²) in [5.74, 6) is -0.0510. The fourth-order valence-electron chi connectivity index (χ4n) is 1.71. The maximum atomic E-state index is 11.4. The topological polar surface area (TPSA) is 136 Å². The number of ether oxygens (including phenoxy) is 1. The molecular weight excluding hydrogens is 463 g/mol. The second kappa shape index (κ2) is 10.3. The van der Waals surface area contributed by atoms with E-state index in [1.54, 1.807) is 0 Å². The second-order valence-electron chi connectivity index (χ2n) is 4.68. The van der Waals surface area contributed by atoms with Crippen LogP contribution in [0.25, 0.3) is 0 Å².